The first kappa shape index (κ1) is 11.5. The van der Waals surface area contributed by atoms with Gasteiger partial charge in [0.05, 0.1) is 7.11 Å². The van der Waals surface area contributed by atoms with E-state index < -0.39 is 11.5 Å². The highest BCUT2D eigenvalue weighted by molar-refractivity contribution is 5.80. The normalized spacial score (nSPS) is 14.3. The van der Waals surface area contributed by atoms with Crippen molar-refractivity contribution in [3.63, 3.8) is 0 Å². The Morgan fingerprint density at radius 3 is 2.27 bits per heavy atom. The van der Waals surface area contributed by atoms with Crippen molar-refractivity contribution in [3.8, 4) is 5.75 Å². The highest BCUT2D eigenvalue weighted by atomic mass is 16.5. The van der Waals surface area contributed by atoms with Gasteiger partial charge < -0.3 is 15.2 Å². The van der Waals surface area contributed by atoms with Crippen molar-refractivity contribution in [1.82, 2.24) is 5.32 Å². The lowest BCUT2D eigenvalue weighted by molar-refractivity contribution is -0.144. The third kappa shape index (κ3) is 2.10. The molecule has 0 amide bonds. The summed E-state index contributed by atoms with van der Waals surface area (Å²) in [4.78, 5) is 11.1. The van der Waals surface area contributed by atoms with Crippen LogP contribution >= 0.6 is 0 Å². The smallest absolute Gasteiger partial charge is 0.328 e. The number of methoxy groups -OCH3 is 1. The van der Waals surface area contributed by atoms with Gasteiger partial charge in [0, 0.05) is 0 Å². The Hall–Kier alpha value is -1.55. The highest BCUT2D eigenvalue weighted by Gasteiger charge is 2.33. The van der Waals surface area contributed by atoms with Crippen LogP contribution in [0.3, 0.4) is 0 Å². The molecule has 0 saturated heterocycles. The van der Waals surface area contributed by atoms with Gasteiger partial charge in [-0.05, 0) is 31.7 Å². The Balaban J connectivity index is 3.08. The molecule has 15 heavy (non-hydrogen) atoms. The molecule has 1 aromatic carbocycles. The minimum atomic E-state index is -1.06. The third-order valence-electron chi connectivity index (χ3n) is 2.60. The van der Waals surface area contributed by atoms with Crippen LogP contribution in [0.25, 0.3) is 0 Å². The molecule has 0 aromatic heterocycles. The van der Waals surface area contributed by atoms with Crippen LogP contribution in [-0.2, 0) is 10.3 Å². The van der Waals surface area contributed by atoms with E-state index in [9.17, 15) is 4.79 Å². The maximum Gasteiger partial charge on any atom is 0.328 e. The van der Waals surface area contributed by atoms with Crippen molar-refractivity contribution in [2.24, 2.45) is 0 Å². The van der Waals surface area contributed by atoms with Gasteiger partial charge in [0.25, 0.3) is 0 Å². The molecule has 1 atom stereocenters. The first-order chi connectivity index (χ1) is 7.04. The van der Waals surface area contributed by atoms with Crippen LogP contribution < -0.4 is 10.1 Å². The van der Waals surface area contributed by atoms with Crippen molar-refractivity contribution in [3.05, 3.63) is 29.8 Å². The van der Waals surface area contributed by atoms with Gasteiger partial charge in [0.2, 0.25) is 0 Å². The molecule has 2 N–H and O–H groups in total. The van der Waals surface area contributed by atoms with Crippen LogP contribution in [0.15, 0.2) is 24.3 Å². The summed E-state index contributed by atoms with van der Waals surface area (Å²) in [5, 5.41) is 11.9. The molecule has 4 nitrogen and oxygen atoms in total. The molecule has 0 spiro atoms. The molecule has 0 aliphatic carbocycles. The molecule has 0 aliphatic heterocycles. The van der Waals surface area contributed by atoms with Crippen LogP contribution in [0.5, 0.6) is 5.75 Å². The molecular formula is C11H15NO3. The fourth-order valence-electron chi connectivity index (χ4n) is 1.30. The number of carbonyl (C=O) groups is 1. The summed E-state index contributed by atoms with van der Waals surface area (Å²) in [6.45, 7) is 1.62. The molecule has 1 rings (SSSR count). The van der Waals surface area contributed by atoms with Gasteiger partial charge in [-0.15, -0.1) is 0 Å². The van der Waals surface area contributed by atoms with E-state index in [0.29, 0.717) is 11.3 Å². The minimum absolute atomic E-state index is 0.693. The van der Waals surface area contributed by atoms with E-state index in [1.165, 1.54) is 0 Å². The van der Waals surface area contributed by atoms with Gasteiger partial charge in [-0.2, -0.15) is 0 Å². The minimum Gasteiger partial charge on any atom is -0.497 e. The lowest BCUT2D eigenvalue weighted by Crippen LogP contribution is -2.44. The van der Waals surface area contributed by atoms with E-state index in [1.54, 1.807) is 45.3 Å². The van der Waals surface area contributed by atoms with E-state index in [2.05, 4.69) is 5.32 Å². The maximum atomic E-state index is 11.1. The molecule has 4 heteroatoms. The summed E-state index contributed by atoms with van der Waals surface area (Å²) in [5.41, 5.74) is -0.370. The van der Waals surface area contributed by atoms with E-state index in [1.807, 2.05) is 0 Å². The zero-order valence-corrected chi connectivity index (χ0v) is 9.07. The predicted molar refractivity (Wildman–Crippen MR) is 57.0 cm³/mol. The fraction of sp³-hybridized carbons (Fsp3) is 0.364. The van der Waals surface area contributed by atoms with Crippen molar-refractivity contribution >= 4 is 5.97 Å². The number of ether oxygens (including phenoxy) is 1. The van der Waals surface area contributed by atoms with Crippen LogP contribution in [0.1, 0.15) is 12.5 Å². The van der Waals surface area contributed by atoms with E-state index in [0.717, 1.165) is 0 Å². The van der Waals surface area contributed by atoms with Crippen LogP contribution in [-0.4, -0.2) is 25.2 Å². The van der Waals surface area contributed by atoms with Crippen molar-refractivity contribution in [2.75, 3.05) is 14.2 Å². The number of likely N-dealkylation sites (N-methyl/N-ethyl adjacent to an activating group) is 1. The topological polar surface area (TPSA) is 58.6 Å². The Labute approximate surface area is 88.9 Å². The molecule has 82 valence electrons. The lowest BCUT2D eigenvalue weighted by Gasteiger charge is -2.24. The predicted octanol–water partition coefficient (Wildman–Crippen LogP) is 1.21. The van der Waals surface area contributed by atoms with Gasteiger partial charge in [-0.3, -0.25) is 0 Å². The second-order valence-corrected chi connectivity index (χ2v) is 3.41. The van der Waals surface area contributed by atoms with Gasteiger partial charge in [0.15, 0.2) is 0 Å². The number of hydrogen-bond acceptors (Lipinski definition) is 3. The van der Waals surface area contributed by atoms with Gasteiger partial charge >= 0.3 is 5.97 Å². The molecule has 0 radical (unpaired) electrons. The summed E-state index contributed by atoms with van der Waals surface area (Å²) in [6, 6.07) is 6.97. The number of nitrogens with one attached hydrogen (secondary N) is 1. The second-order valence-electron chi connectivity index (χ2n) is 3.41. The first-order valence-corrected chi connectivity index (χ1v) is 4.61. The van der Waals surface area contributed by atoms with Crippen LogP contribution in [0, 0.1) is 0 Å². The number of benzene rings is 1. The Morgan fingerprint density at radius 1 is 1.40 bits per heavy atom. The molecule has 0 unspecified atom stereocenters. The highest BCUT2D eigenvalue weighted by Crippen LogP contribution is 2.22. The van der Waals surface area contributed by atoms with Crippen molar-refractivity contribution in [2.45, 2.75) is 12.5 Å². The number of aliphatic carboxylic acids is 1. The molecule has 0 bridgehead atoms. The van der Waals surface area contributed by atoms with E-state index in [4.69, 9.17) is 9.84 Å². The fourth-order valence-corrected chi connectivity index (χ4v) is 1.30. The summed E-state index contributed by atoms with van der Waals surface area (Å²) in [7, 11) is 3.20. The summed E-state index contributed by atoms with van der Waals surface area (Å²) >= 11 is 0. The molecule has 0 aliphatic rings. The van der Waals surface area contributed by atoms with Gasteiger partial charge in [0.1, 0.15) is 11.3 Å². The van der Waals surface area contributed by atoms with Gasteiger partial charge in [-0.25, -0.2) is 4.79 Å². The Kier molecular flexibility index (Phi) is 3.31. The number of carboxylic acid groups (broad SMARTS) is 1. The molecule has 0 heterocycles. The molecular weight excluding hydrogens is 194 g/mol. The molecule has 0 fully saturated rings. The standard InChI is InChI=1S/C11H15NO3/c1-11(12-2,10(13)14)8-4-6-9(15-3)7-5-8/h4-7,12H,1-3H3,(H,13,14)/t11-/m1/s1. The quantitative estimate of drug-likeness (QED) is 0.782. The summed E-state index contributed by atoms with van der Waals surface area (Å²) < 4.78 is 5.01. The molecule has 0 saturated carbocycles. The van der Waals surface area contributed by atoms with Gasteiger partial charge in [-0.1, -0.05) is 12.1 Å². The van der Waals surface area contributed by atoms with Crippen molar-refractivity contribution in [1.29, 1.82) is 0 Å². The monoisotopic (exact) mass is 209 g/mol. The molecule has 1 aromatic rings. The average molecular weight is 209 g/mol. The maximum absolute atomic E-state index is 11.1. The SMILES string of the molecule is CN[C@@](C)(C(=O)O)c1ccc(OC)cc1. The second kappa shape index (κ2) is 4.31. The third-order valence-corrected chi connectivity index (χ3v) is 2.60. The number of carboxylic acids is 1. The van der Waals surface area contributed by atoms with Crippen molar-refractivity contribution < 1.29 is 14.6 Å². The zero-order valence-electron chi connectivity index (χ0n) is 9.07. The van der Waals surface area contributed by atoms with E-state index >= 15 is 0 Å². The zero-order chi connectivity index (χ0) is 11.5. The number of hydrogen-bond donors (Lipinski definition) is 2. The largest absolute Gasteiger partial charge is 0.497 e. The summed E-state index contributed by atoms with van der Waals surface area (Å²) in [6.07, 6.45) is 0. The summed E-state index contributed by atoms with van der Waals surface area (Å²) in [5.74, 6) is -0.197. The van der Waals surface area contributed by atoms with Crippen LogP contribution in [0.4, 0.5) is 0 Å². The lowest BCUT2D eigenvalue weighted by atomic mass is 9.92. The number of rotatable bonds is 4. The van der Waals surface area contributed by atoms with E-state index in [-0.39, 0.29) is 0 Å². The first-order valence-electron chi connectivity index (χ1n) is 4.61. The Morgan fingerprint density at radius 2 is 1.93 bits per heavy atom. The Bertz CT molecular complexity index is 347. The average Bonchev–Trinajstić information content (AvgIpc) is 2.28. The van der Waals surface area contributed by atoms with Crippen LogP contribution in [0.2, 0.25) is 0 Å².